The molecule has 2 saturated heterocycles. The minimum absolute atomic E-state index is 0.0499. The summed E-state index contributed by atoms with van der Waals surface area (Å²) in [5.41, 5.74) is 2.32. The van der Waals surface area contributed by atoms with Crippen LogP contribution in [-0.4, -0.2) is 50.6 Å². The number of hydrogen-bond donors (Lipinski definition) is 1. The molecule has 1 atom stereocenters. The molecule has 1 N–H and O–H groups in total. The van der Waals surface area contributed by atoms with Crippen LogP contribution in [0.4, 0.5) is 5.69 Å². The quantitative estimate of drug-likeness (QED) is 0.805. The molecule has 0 saturated carbocycles. The Labute approximate surface area is 163 Å². The lowest BCUT2D eigenvalue weighted by Crippen LogP contribution is -2.45. The molecule has 0 aliphatic carbocycles. The van der Waals surface area contributed by atoms with Crippen molar-refractivity contribution < 1.29 is 13.2 Å². The minimum atomic E-state index is -3.22. The summed E-state index contributed by atoms with van der Waals surface area (Å²) in [6.07, 6.45) is 5.31. The number of benzene rings is 1. The normalized spacial score (nSPS) is 21.8. The number of anilines is 1. The van der Waals surface area contributed by atoms with Crippen LogP contribution in [0.2, 0.25) is 0 Å². The van der Waals surface area contributed by atoms with Gasteiger partial charge in [-0.1, -0.05) is 12.1 Å². The van der Waals surface area contributed by atoms with Crippen molar-refractivity contribution in [1.29, 1.82) is 0 Å². The van der Waals surface area contributed by atoms with Gasteiger partial charge in [0.2, 0.25) is 15.9 Å². The van der Waals surface area contributed by atoms with Crippen LogP contribution < -0.4 is 10.2 Å². The Balaban J connectivity index is 1.51. The van der Waals surface area contributed by atoms with Crippen molar-refractivity contribution in [3.63, 3.8) is 0 Å². The van der Waals surface area contributed by atoms with Gasteiger partial charge in [-0.3, -0.25) is 4.79 Å². The summed E-state index contributed by atoms with van der Waals surface area (Å²) in [4.78, 5) is 14.9. The average Bonchev–Trinajstić information content (AvgIpc) is 2.73. The molecular weight excluding hydrogens is 362 g/mol. The Morgan fingerprint density at radius 1 is 1.07 bits per heavy atom. The van der Waals surface area contributed by atoms with Gasteiger partial charge in [0.15, 0.2) is 0 Å². The maximum Gasteiger partial charge on any atom is 0.224 e. The summed E-state index contributed by atoms with van der Waals surface area (Å²) < 4.78 is 25.6. The van der Waals surface area contributed by atoms with E-state index < -0.39 is 10.0 Å². The Bertz CT molecular complexity index is 727. The Hall–Kier alpha value is -1.60. The van der Waals surface area contributed by atoms with Crippen molar-refractivity contribution in [3.05, 3.63) is 29.8 Å². The van der Waals surface area contributed by atoms with E-state index in [0.717, 1.165) is 31.5 Å². The molecule has 2 aliphatic rings. The maximum absolute atomic E-state index is 12.5. The van der Waals surface area contributed by atoms with Gasteiger partial charge in [-0.15, -0.1) is 0 Å². The summed E-state index contributed by atoms with van der Waals surface area (Å²) in [6, 6.07) is 8.39. The fraction of sp³-hybridized carbons (Fsp3) is 0.650. The van der Waals surface area contributed by atoms with Crippen molar-refractivity contribution in [1.82, 2.24) is 9.62 Å². The smallest absolute Gasteiger partial charge is 0.224 e. The van der Waals surface area contributed by atoms with Gasteiger partial charge in [-0.05, 0) is 56.7 Å². The predicted octanol–water partition coefficient (Wildman–Crippen LogP) is 2.35. The molecule has 0 aromatic heterocycles. The van der Waals surface area contributed by atoms with Crippen LogP contribution in [-0.2, 0) is 21.4 Å². The molecule has 6 nitrogen and oxygen atoms in total. The number of piperidine rings is 2. The highest BCUT2D eigenvalue weighted by Gasteiger charge is 2.31. The summed E-state index contributed by atoms with van der Waals surface area (Å²) in [5.74, 6) is -0.219. The number of nitrogens with one attached hydrogen (secondary N) is 1. The topological polar surface area (TPSA) is 69.7 Å². The first-order valence-corrected chi connectivity index (χ1v) is 11.7. The molecule has 1 aromatic rings. The molecule has 2 fully saturated rings. The largest absolute Gasteiger partial charge is 0.372 e. The summed E-state index contributed by atoms with van der Waals surface area (Å²) in [7, 11) is -3.22. The standard InChI is InChI=1S/C20H31N3O3S/c1-2-27(25,26)23-14-6-7-18(16-23)20(24)21-15-17-8-10-19(11-9-17)22-12-4-3-5-13-22/h8-11,18H,2-7,12-16H2,1H3,(H,21,24)/t18-/m0/s1. The van der Waals surface area contributed by atoms with E-state index >= 15 is 0 Å². The van der Waals surface area contributed by atoms with Crippen molar-refractivity contribution >= 4 is 21.6 Å². The molecule has 2 aliphatic heterocycles. The molecule has 0 spiro atoms. The van der Waals surface area contributed by atoms with Crippen LogP contribution in [0.3, 0.4) is 0 Å². The third-order valence-electron chi connectivity index (χ3n) is 5.64. The van der Waals surface area contributed by atoms with Crippen LogP contribution in [0, 0.1) is 5.92 Å². The molecular formula is C20H31N3O3S. The highest BCUT2D eigenvalue weighted by Crippen LogP contribution is 2.21. The number of amides is 1. The molecule has 2 heterocycles. The molecule has 0 radical (unpaired) electrons. The zero-order valence-electron chi connectivity index (χ0n) is 16.2. The number of sulfonamides is 1. The lowest BCUT2D eigenvalue weighted by molar-refractivity contribution is -0.126. The fourth-order valence-corrected chi connectivity index (χ4v) is 5.08. The summed E-state index contributed by atoms with van der Waals surface area (Å²) >= 11 is 0. The maximum atomic E-state index is 12.5. The van der Waals surface area contributed by atoms with Crippen molar-refractivity contribution in [3.8, 4) is 0 Å². The van der Waals surface area contributed by atoms with Gasteiger partial charge in [0.05, 0.1) is 11.7 Å². The lowest BCUT2D eigenvalue weighted by Gasteiger charge is -2.31. The zero-order valence-corrected chi connectivity index (χ0v) is 17.0. The summed E-state index contributed by atoms with van der Waals surface area (Å²) in [5, 5.41) is 2.98. The molecule has 3 rings (SSSR count). The van der Waals surface area contributed by atoms with E-state index in [1.807, 2.05) is 0 Å². The average molecular weight is 394 g/mol. The highest BCUT2D eigenvalue weighted by molar-refractivity contribution is 7.89. The molecule has 7 heteroatoms. The van der Waals surface area contributed by atoms with E-state index in [1.165, 1.54) is 29.3 Å². The predicted molar refractivity (Wildman–Crippen MR) is 108 cm³/mol. The second-order valence-electron chi connectivity index (χ2n) is 7.53. The monoisotopic (exact) mass is 393 g/mol. The molecule has 27 heavy (non-hydrogen) atoms. The first-order valence-electron chi connectivity index (χ1n) is 10.1. The third kappa shape index (κ3) is 5.23. The second-order valence-corrected chi connectivity index (χ2v) is 9.79. The highest BCUT2D eigenvalue weighted by atomic mass is 32.2. The number of nitrogens with zero attached hydrogens (tertiary/aromatic N) is 2. The Kier molecular flexibility index (Phi) is 6.76. The SMILES string of the molecule is CCS(=O)(=O)N1CCC[C@H](C(=O)NCc2ccc(N3CCCCC3)cc2)C1. The van der Waals surface area contributed by atoms with E-state index in [0.29, 0.717) is 19.6 Å². The molecule has 0 bridgehead atoms. The van der Waals surface area contributed by atoms with Gasteiger partial charge in [0, 0.05) is 38.4 Å². The van der Waals surface area contributed by atoms with Crippen molar-refractivity contribution in [2.45, 2.75) is 45.6 Å². The van der Waals surface area contributed by atoms with Crippen molar-refractivity contribution in [2.24, 2.45) is 5.92 Å². The molecule has 0 unspecified atom stereocenters. The molecule has 1 aromatic carbocycles. The lowest BCUT2D eigenvalue weighted by atomic mass is 9.98. The number of carbonyl (C=O) groups excluding carboxylic acids is 1. The first-order chi connectivity index (χ1) is 13.0. The van der Waals surface area contributed by atoms with Crippen molar-refractivity contribution in [2.75, 3.05) is 36.8 Å². The van der Waals surface area contributed by atoms with E-state index in [1.54, 1.807) is 6.92 Å². The van der Waals surface area contributed by atoms with Crippen LogP contribution in [0.1, 0.15) is 44.6 Å². The summed E-state index contributed by atoms with van der Waals surface area (Å²) in [6.45, 7) is 5.19. The van der Waals surface area contributed by atoms with Crippen LogP contribution in [0.5, 0.6) is 0 Å². The van der Waals surface area contributed by atoms with E-state index in [2.05, 4.69) is 34.5 Å². The minimum Gasteiger partial charge on any atom is -0.372 e. The second kappa shape index (κ2) is 9.06. The molecule has 150 valence electrons. The van der Waals surface area contributed by atoms with Gasteiger partial charge in [0.1, 0.15) is 0 Å². The number of carbonyl (C=O) groups is 1. The van der Waals surface area contributed by atoms with E-state index in [4.69, 9.17) is 0 Å². The van der Waals surface area contributed by atoms with Crippen LogP contribution in [0.15, 0.2) is 24.3 Å². The van der Waals surface area contributed by atoms with Gasteiger partial charge >= 0.3 is 0 Å². The number of rotatable bonds is 6. The van der Waals surface area contributed by atoms with E-state index in [-0.39, 0.29) is 17.6 Å². The van der Waals surface area contributed by atoms with Crippen LogP contribution >= 0.6 is 0 Å². The van der Waals surface area contributed by atoms with Gasteiger partial charge in [-0.25, -0.2) is 12.7 Å². The third-order valence-corrected chi connectivity index (χ3v) is 7.49. The fourth-order valence-electron chi connectivity index (χ4n) is 3.90. The van der Waals surface area contributed by atoms with Gasteiger partial charge in [0.25, 0.3) is 0 Å². The Morgan fingerprint density at radius 3 is 2.44 bits per heavy atom. The first kappa shape index (κ1) is 20.1. The number of hydrogen-bond acceptors (Lipinski definition) is 4. The van der Waals surface area contributed by atoms with Gasteiger partial charge in [-0.2, -0.15) is 0 Å². The van der Waals surface area contributed by atoms with Gasteiger partial charge < -0.3 is 10.2 Å². The Morgan fingerprint density at radius 2 is 1.78 bits per heavy atom. The molecule has 1 amide bonds. The zero-order chi connectivity index (χ0) is 19.3. The van der Waals surface area contributed by atoms with E-state index in [9.17, 15) is 13.2 Å². The van der Waals surface area contributed by atoms with Crippen LogP contribution in [0.25, 0.3) is 0 Å².